The minimum absolute atomic E-state index is 0.0461. The van der Waals surface area contributed by atoms with Crippen molar-refractivity contribution in [1.29, 1.82) is 0 Å². The number of carbonyl (C=O) groups excluding carboxylic acids is 1. The van der Waals surface area contributed by atoms with E-state index < -0.39 is 0 Å². The fourth-order valence-electron chi connectivity index (χ4n) is 2.68. The van der Waals surface area contributed by atoms with Gasteiger partial charge in [-0.05, 0) is 55.2 Å². The molecule has 1 heterocycles. The lowest BCUT2D eigenvalue weighted by Crippen LogP contribution is -2.25. The molecule has 0 atom stereocenters. The Balaban J connectivity index is 1.67. The van der Waals surface area contributed by atoms with Crippen molar-refractivity contribution < 1.29 is 4.79 Å². The summed E-state index contributed by atoms with van der Waals surface area (Å²) >= 11 is 1.64. The van der Waals surface area contributed by atoms with Crippen LogP contribution in [0, 0.1) is 13.8 Å². The fourth-order valence-corrected chi connectivity index (χ4v) is 3.46. The molecule has 0 aliphatic carbocycles. The molecule has 0 fully saturated rings. The van der Waals surface area contributed by atoms with Crippen molar-refractivity contribution in [3.8, 4) is 0 Å². The number of nitrogens with zero attached hydrogens (tertiary/aromatic N) is 2. The predicted molar refractivity (Wildman–Crippen MR) is 115 cm³/mol. The number of nitrogens with one attached hydrogen (secondary N) is 2. The topological polar surface area (TPSA) is 65.8 Å². The summed E-state index contributed by atoms with van der Waals surface area (Å²) in [6.07, 6.45) is 1.38. The summed E-state index contributed by atoms with van der Waals surface area (Å²) in [6, 6.07) is 13.9. The number of carbonyl (C=O) groups is 1. The van der Waals surface area contributed by atoms with Gasteiger partial charge in [0.05, 0.1) is 11.4 Å². The third-order valence-corrected chi connectivity index (χ3v) is 5.28. The monoisotopic (exact) mass is 380 g/mol. The highest BCUT2D eigenvalue weighted by Gasteiger charge is 2.14. The highest BCUT2D eigenvalue weighted by Crippen LogP contribution is 2.24. The summed E-state index contributed by atoms with van der Waals surface area (Å²) < 4.78 is 0. The third-order valence-electron chi connectivity index (χ3n) is 4.41. The molecule has 140 valence electrons. The molecule has 0 spiro atoms. The van der Waals surface area contributed by atoms with Crippen LogP contribution in [0.25, 0.3) is 0 Å². The fraction of sp³-hybridized carbons (Fsp3) is 0.286. The molecule has 1 aliphatic heterocycles. The molecule has 2 N–H and O–H groups in total. The summed E-state index contributed by atoms with van der Waals surface area (Å²) in [5.41, 5.74) is 9.25. The first kappa shape index (κ1) is 19.2. The van der Waals surface area contributed by atoms with Crippen molar-refractivity contribution in [3.63, 3.8) is 0 Å². The molecule has 27 heavy (non-hydrogen) atoms. The second-order valence-electron chi connectivity index (χ2n) is 6.47. The van der Waals surface area contributed by atoms with Gasteiger partial charge < -0.3 is 5.32 Å². The Hall–Kier alpha value is -2.60. The van der Waals surface area contributed by atoms with Crippen molar-refractivity contribution in [2.24, 2.45) is 10.1 Å². The van der Waals surface area contributed by atoms with E-state index in [2.05, 4.69) is 40.8 Å². The molecule has 2 aromatic carbocycles. The van der Waals surface area contributed by atoms with Crippen LogP contribution in [0.1, 0.15) is 36.5 Å². The van der Waals surface area contributed by atoms with E-state index in [1.807, 2.05) is 43.3 Å². The number of rotatable bonds is 5. The predicted octanol–water partition coefficient (Wildman–Crippen LogP) is 4.77. The summed E-state index contributed by atoms with van der Waals surface area (Å²) in [6.45, 7) is 6.16. The largest absolute Gasteiger partial charge is 0.326 e. The highest BCUT2D eigenvalue weighted by molar-refractivity contribution is 8.14. The van der Waals surface area contributed by atoms with E-state index in [0.717, 1.165) is 40.0 Å². The van der Waals surface area contributed by atoms with Gasteiger partial charge in [-0.1, -0.05) is 43.0 Å². The van der Waals surface area contributed by atoms with Crippen LogP contribution in [-0.2, 0) is 4.79 Å². The smallest absolute Gasteiger partial charge is 0.224 e. The Bertz CT molecular complexity index is 888. The normalized spacial score (nSPS) is 15.2. The Morgan fingerprint density at radius 3 is 2.67 bits per heavy atom. The molecule has 5 nitrogen and oxygen atoms in total. The lowest BCUT2D eigenvalue weighted by atomic mass is 10.1. The number of hydrogen-bond donors (Lipinski definition) is 2. The van der Waals surface area contributed by atoms with Gasteiger partial charge in [0.2, 0.25) is 5.91 Å². The molecule has 3 rings (SSSR count). The molecular weight excluding hydrogens is 356 g/mol. The van der Waals surface area contributed by atoms with Crippen LogP contribution in [0.4, 0.5) is 11.4 Å². The van der Waals surface area contributed by atoms with E-state index in [0.29, 0.717) is 6.42 Å². The molecule has 0 saturated carbocycles. The number of amidine groups is 1. The second kappa shape index (κ2) is 8.86. The maximum Gasteiger partial charge on any atom is 0.224 e. The zero-order chi connectivity index (χ0) is 19.2. The zero-order valence-electron chi connectivity index (χ0n) is 15.9. The number of aliphatic imine (C=N–C) groups is 1. The highest BCUT2D eigenvalue weighted by atomic mass is 32.2. The van der Waals surface area contributed by atoms with Gasteiger partial charge in [-0.15, -0.1) is 0 Å². The first-order valence-corrected chi connectivity index (χ1v) is 10.1. The van der Waals surface area contributed by atoms with E-state index in [4.69, 9.17) is 0 Å². The van der Waals surface area contributed by atoms with E-state index in [1.54, 1.807) is 11.8 Å². The summed E-state index contributed by atoms with van der Waals surface area (Å²) in [5, 5.41) is 8.18. The number of thioether (sulfide) groups is 1. The van der Waals surface area contributed by atoms with Crippen molar-refractivity contribution in [2.75, 3.05) is 11.1 Å². The molecule has 0 saturated heterocycles. The maximum absolute atomic E-state index is 11.7. The number of hydrazone groups is 1. The standard InChI is InChI=1S/C21H24N4OS/c1-4-6-20(26)22-17-11-9-16(10-12-17)19-13-27-21(25-24-19)23-18-8-5-7-14(2)15(18)3/h5,7-12H,4,6,13H2,1-3H3,(H,22,26)(H,23,25). The van der Waals surface area contributed by atoms with E-state index >= 15 is 0 Å². The van der Waals surface area contributed by atoms with E-state index in [9.17, 15) is 4.79 Å². The molecule has 0 radical (unpaired) electrons. The lowest BCUT2D eigenvalue weighted by Gasteiger charge is -2.16. The molecule has 0 aromatic heterocycles. The van der Waals surface area contributed by atoms with Crippen LogP contribution < -0.4 is 10.7 Å². The Labute approximate surface area is 164 Å². The minimum Gasteiger partial charge on any atom is -0.326 e. The maximum atomic E-state index is 11.7. The van der Waals surface area contributed by atoms with Crippen molar-refractivity contribution >= 4 is 39.9 Å². The van der Waals surface area contributed by atoms with Crippen LogP contribution in [0.3, 0.4) is 0 Å². The van der Waals surface area contributed by atoms with Crippen LogP contribution in [0.15, 0.2) is 52.6 Å². The Morgan fingerprint density at radius 2 is 2.00 bits per heavy atom. The summed E-state index contributed by atoms with van der Waals surface area (Å²) in [4.78, 5) is 16.4. The van der Waals surface area contributed by atoms with E-state index in [-0.39, 0.29) is 5.91 Å². The summed E-state index contributed by atoms with van der Waals surface area (Å²) in [5.74, 6) is 0.794. The van der Waals surface area contributed by atoms with Crippen LogP contribution in [0.2, 0.25) is 0 Å². The summed E-state index contributed by atoms with van der Waals surface area (Å²) in [7, 11) is 0. The van der Waals surface area contributed by atoms with Gasteiger partial charge in [-0.2, -0.15) is 5.10 Å². The second-order valence-corrected chi connectivity index (χ2v) is 7.43. The van der Waals surface area contributed by atoms with Gasteiger partial charge >= 0.3 is 0 Å². The van der Waals surface area contributed by atoms with Gasteiger partial charge in [-0.25, -0.2) is 4.99 Å². The number of benzene rings is 2. The lowest BCUT2D eigenvalue weighted by molar-refractivity contribution is -0.116. The SMILES string of the molecule is CCCC(=O)Nc1ccc(C2=NNC(=Nc3cccc(C)c3C)SC2)cc1. The third kappa shape index (κ3) is 4.98. The average Bonchev–Trinajstić information content (AvgIpc) is 2.67. The van der Waals surface area contributed by atoms with Gasteiger partial charge in [0, 0.05) is 17.9 Å². The van der Waals surface area contributed by atoms with Crippen LogP contribution in [0.5, 0.6) is 0 Å². The molecule has 0 unspecified atom stereocenters. The van der Waals surface area contributed by atoms with Gasteiger partial charge in [-0.3, -0.25) is 10.2 Å². The quantitative estimate of drug-likeness (QED) is 0.785. The first-order valence-electron chi connectivity index (χ1n) is 9.07. The van der Waals surface area contributed by atoms with Crippen LogP contribution in [-0.4, -0.2) is 22.5 Å². The number of aryl methyl sites for hydroxylation is 1. The van der Waals surface area contributed by atoms with Crippen LogP contribution >= 0.6 is 11.8 Å². The zero-order valence-corrected chi connectivity index (χ0v) is 16.7. The number of anilines is 1. The molecule has 1 amide bonds. The number of amides is 1. The minimum atomic E-state index is 0.0461. The Morgan fingerprint density at radius 1 is 1.22 bits per heavy atom. The average molecular weight is 381 g/mol. The Kier molecular flexibility index (Phi) is 6.29. The van der Waals surface area contributed by atoms with Crippen molar-refractivity contribution in [3.05, 3.63) is 59.2 Å². The van der Waals surface area contributed by atoms with E-state index in [1.165, 1.54) is 11.1 Å². The van der Waals surface area contributed by atoms with Gasteiger partial charge in [0.25, 0.3) is 0 Å². The number of hydrogen-bond acceptors (Lipinski definition) is 4. The molecule has 1 aliphatic rings. The first-order chi connectivity index (χ1) is 13.1. The van der Waals surface area contributed by atoms with Crippen molar-refractivity contribution in [1.82, 2.24) is 5.43 Å². The molecule has 6 heteroatoms. The van der Waals surface area contributed by atoms with Gasteiger partial charge in [0.1, 0.15) is 0 Å². The molecule has 2 aromatic rings. The van der Waals surface area contributed by atoms with Crippen molar-refractivity contribution in [2.45, 2.75) is 33.6 Å². The molecular formula is C21H24N4OS. The van der Waals surface area contributed by atoms with Gasteiger partial charge in [0.15, 0.2) is 5.17 Å². The molecule has 0 bridgehead atoms.